The Morgan fingerprint density at radius 2 is 1.70 bits per heavy atom. The van der Waals surface area contributed by atoms with E-state index in [0.717, 1.165) is 37.4 Å². The van der Waals surface area contributed by atoms with Gasteiger partial charge < -0.3 is 10.1 Å². The maximum atomic E-state index is 12.7. The molecule has 3 aromatic carbocycles. The van der Waals surface area contributed by atoms with Gasteiger partial charge in [0.15, 0.2) is 0 Å². The molecule has 4 rings (SSSR count). The summed E-state index contributed by atoms with van der Waals surface area (Å²) in [7, 11) is 1.65. The Labute approximate surface area is 178 Å². The topological polar surface area (TPSA) is 41.6 Å². The van der Waals surface area contributed by atoms with E-state index < -0.39 is 0 Å². The van der Waals surface area contributed by atoms with E-state index in [4.69, 9.17) is 4.74 Å². The van der Waals surface area contributed by atoms with Crippen LogP contribution in [0.1, 0.15) is 45.6 Å². The Balaban J connectivity index is 1.37. The zero-order chi connectivity index (χ0) is 20.9. The summed E-state index contributed by atoms with van der Waals surface area (Å²) in [5.74, 6) is 0.704. The number of rotatable bonds is 6. The van der Waals surface area contributed by atoms with Gasteiger partial charge in [-0.3, -0.25) is 9.69 Å². The maximum Gasteiger partial charge on any atom is 0.251 e. The molecule has 1 heterocycles. The average Bonchev–Trinajstić information content (AvgIpc) is 2.79. The molecule has 30 heavy (non-hydrogen) atoms. The second-order valence-electron chi connectivity index (χ2n) is 7.86. The van der Waals surface area contributed by atoms with Crippen LogP contribution < -0.4 is 10.1 Å². The third-order valence-electron chi connectivity index (χ3n) is 5.79. The van der Waals surface area contributed by atoms with Crippen LogP contribution in [0, 0.1) is 0 Å². The number of hydrogen-bond acceptors (Lipinski definition) is 3. The SMILES string of the molecule is COc1ccccc1C(C)NC(=O)c1ccc(CN2CCc3ccccc3C2)cc1. The molecule has 4 nitrogen and oxygen atoms in total. The van der Waals surface area contributed by atoms with Gasteiger partial charge >= 0.3 is 0 Å². The number of amides is 1. The first-order valence-electron chi connectivity index (χ1n) is 10.5. The van der Waals surface area contributed by atoms with Gasteiger partial charge in [-0.15, -0.1) is 0 Å². The highest BCUT2D eigenvalue weighted by Crippen LogP contribution is 2.25. The summed E-state index contributed by atoms with van der Waals surface area (Å²) >= 11 is 0. The number of fused-ring (bicyclic) bond motifs is 1. The maximum absolute atomic E-state index is 12.7. The molecule has 0 saturated carbocycles. The van der Waals surface area contributed by atoms with Gasteiger partial charge in [0.2, 0.25) is 0 Å². The second-order valence-corrected chi connectivity index (χ2v) is 7.86. The molecular weight excluding hydrogens is 372 g/mol. The molecule has 0 spiro atoms. The van der Waals surface area contributed by atoms with Crippen molar-refractivity contribution in [3.8, 4) is 5.75 Å². The molecular formula is C26H28N2O2. The molecule has 0 aromatic heterocycles. The van der Waals surface area contributed by atoms with Gasteiger partial charge in [0, 0.05) is 30.8 Å². The predicted octanol–water partition coefficient (Wildman–Crippen LogP) is 4.74. The van der Waals surface area contributed by atoms with Crippen LogP contribution in [0.5, 0.6) is 5.75 Å². The van der Waals surface area contributed by atoms with Crippen molar-refractivity contribution in [3.63, 3.8) is 0 Å². The third kappa shape index (κ3) is 4.55. The summed E-state index contributed by atoms with van der Waals surface area (Å²) in [6.45, 7) is 4.91. The normalized spacial score (nSPS) is 14.6. The van der Waals surface area contributed by atoms with Gasteiger partial charge in [-0.05, 0) is 48.2 Å². The van der Waals surface area contributed by atoms with E-state index in [2.05, 4.69) is 46.6 Å². The molecule has 0 saturated heterocycles. The molecule has 0 fully saturated rings. The van der Waals surface area contributed by atoms with E-state index >= 15 is 0 Å². The number of carbonyl (C=O) groups excluding carboxylic acids is 1. The van der Waals surface area contributed by atoms with Crippen LogP contribution in [0.25, 0.3) is 0 Å². The smallest absolute Gasteiger partial charge is 0.251 e. The van der Waals surface area contributed by atoms with Gasteiger partial charge in [-0.1, -0.05) is 54.6 Å². The molecule has 1 aliphatic rings. The second kappa shape index (κ2) is 9.14. The third-order valence-corrected chi connectivity index (χ3v) is 5.79. The number of benzene rings is 3. The Hall–Kier alpha value is -3.11. The molecule has 0 aliphatic carbocycles. The number of nitrogens with one attached hydrogen (secondary N) is 1. The van der Waals surface area contributed by atoms with Crippen molar-refractivity contribution in [1.82, 2.24) is 10.2 Å². The first-order chi connectivity index (χ1) is 14.6. The molecule has 1 atom stereocenters. The summed E-state index contributed by atoms with van der Waals surface area (Å²) in [6, 6.07) is 24.3. The largest absolute Gasteiger partial charge is 0.496 e. The van der Waals surface area contributed by atoms with Gasteiger partial charge in [0.1, 0.15) is 5.75 Å². The molecule has 1 amide bonds. The molecule has 154 valence electrons. The van der Waals surface area contributed by atoms with Crippen LogP contribution in [0.2, 0.25) is 0 Å². The van der Waals surface area contributed by atoms with Crippen molar-refractivity contribution in [3.05, 3.63) is 101 Å². The lowest BCUT2D eigenvalue weighted by molar-refractivity contribution is 0.0939. The zero-order valence-electron chi connectivity index (χ0n) is 17.6. The fraction of sp³-hybridized carbons (Fsp3) is 0.269. The summed E-state index contributed by atoms with van der Waals surface area (Å²) in [6.07, 6.45) is 1.09. The Bertz CT molecular complexity index is 1010. The quantitative estimate of drug-likeness (QED) is 0.650. The van der Waals surface area contributed by atoms with E-state index in [1.54, 1.807) is 7.11 Å². The van der Waals surface area contributed by atoms with E-state index in [9.17, 15) is 4.79 Å². The fourth-order valence-corrected chi connectivity index (χ4v) is 4.09. The molecule has 3 aromatic rings. The molecule has 1 aliphatic heterocycles. The lowest BCUT2D eigenvalue weighted by Crippen LogP contribution is -2.30. The monoisotopic (exact) mass is 400 g/mol. The molecule has 0 radical (unpaired) electrons. The fourth-order valence-electron chi connectivity index (χ4n) is 4.09. The van der Waals surface area contributed by atoms with Crippen LogP contribution in [0.15, 0.2) is 72.8 Å². The molecule has 1 unspecified atom stereocenters. The van der Waals surface area contributed by atoms with Crippen LogP contribution in [-0.4, -0.2) is 24.5 Å². The highest BCUT2D eigenvalue weighted by molar-refractivity contribution is 5.94. The van der Waals surface area contributed by atoms with Gasteiger partial charge in [-0.2, -0.15) is 0 Å². The number of carbonyl (C=O) groups is 1. The van der Waals surface area contributed by atoms with E-state index in [1.165, 1.54) is 16.7 Å². The van der Waals surface area contributed by atoms with Crippen molar-refractivity contribution >= 4 is 5.91 Å². The van der Waals surface area contributed by atoms with Crippen molar-refractivity contribution in [2.24, 2.45) is 0 Å². The minimum Gasteiger partial charge on any atom is -0.496 e. The van der Waals surface area contributed by atoms with Crippen LogP contribution in [0.3, 0.4) is 0 Å². The molecule has 4 heteroatoms. The standard InChI is InChI=1S/C26H28N2O2/c1-19(24-9-5-6-10-25(24)30-2)27-26(29)22-13-11-20(12-14-22)17-28-16-15-21-7-3-4-8-23(21)18-28/h3-14,19H,15-18H2,1-2H3,(H,27,29). The van der Waals surface area contributed by atoms with Gasteiger partial charge in [0.25, 0.3) is 5.91 Å². The van der Waals surface area contributed by atoms with Crippen LogP contribution in [0.4, 0.5) is 0 Å². The number of methoxy groups -OCH3 is 1. The van der Waals surface area contributed by atoms with Crippen molar-refractivity contribution in [2.75, 3.05) is 13.7 Å². The van der Waals surface area contributed by atoms with Gasteiger partial charge in [-0.25, -0.2) is 0 Å². The molecule has 0 bridgehead atoms. The van der Waals surface area contributed by atoms with Gasteiger partial charge in [0.05, 0.1) is 13.2 Å². The lowest BCUT2D eigenvalue weighted by atomic mass is 9.99. The Morgan fingerprint density at radius 3 is 2.47 bits per heavy atom. The number of nitrogens with zero attached hydrogens (tertiary/aromatic N) is 1. The van der Waals surface area contributed by atoms with E-state index in [0.29, 0.717) is 5.56 Å². The van der Waals surface area contributed by atoms with Crippen molar-refractivity contribution < 1.29 is 9.53 Å². The lowest BCUT2D eigenvalue weighted by Gasteiger charge is -2.28. The summed E-state index contributed by atoms with van der Waals surface area (Å²) in [4.78, 5) is 15.2. The predicted molar refractivity (Wildman–Crippen MR) is 120 cm³/mol. The number of hydrogen-bond donors (Lipinski definition) is 1. The summed E-state index contributed by atoms with van der Waals surface area (Å²) in [5.41, 5.74) is 5.75. The minimum atomic E-state index is -0.137. The molecule has 1 N–H and O–H groups in total. The number of para-hydroxylation sites is 1. The van der Waals surface area contributed by atoms with Crippen molar-refractivity contribution in [1.29, 1.82) is 0 Å². The van der Waals surface area contributed by atoms with E-state index in [-0.39, 0.29) is 11.9 Å². The summed E-state index contributed by atoms with van der Waals surface area (Å²) in [5, 5.41) is 3.07. The summed E-state index contributed by atoms with van der Waals surface area (Å²) < 4.78 is 5.41. The highest BCUT2D eigenvalue weighted by Gasteiger charge is 2.17. The zero-order valence-corrected chi connectivity index (χ0v) is 17.6. The van der Waals surface area contributed by atoms with Crippen molar-refractivity contribution in [2.45, 2.75) is 32.5 Å². The average molecular weight is 401 g/mol. The highest BCUT2D eigenvalue weighted by atomic mass is 16.5. The Kier molecular flexibility index (Phi) is 6.15. The van der Waals surface area contributed by atoms with Crippen LogP contribution in [-0.2, 0) is 19.5 Å². The van der Waals surface area contributed by atoms with Crippen LogP contribution >= 0.6 is 0 Å². The Morgan fingerprint density at radius 1 is 1.00 bits per heavy atom. The van der Waals surface area contributed by atoms with E-state index in [1.807, 2.05) is 43.3 Å². The first kappa shape index (κ1) is 20.2. The first-order valence-corrected chi connectivity index (χ1v) is 10.5. The minimum absolute atomic E-state index is 0.0770. The number of ether oxygens (including phenoxy) is 1.